The van der Waals surface area contributed by atoms with E-state index in [0.717, 1.165) is 12.8 Å². The summed E-state index contributed by atoms with van der Waals surface area (Å²) >= 11 is 3.17. The molecule has 0 bridgehead atoms. The number of carbonyl (C=O) groups excluding carboxylic acids is 1. The van der Waals surface area contributed by atoms with Crippen LogP contribution in [0.15, 0.2) is 21.4 Å². The van der Waals surface area contributed by atoms with E-state index in [1.807, 2.05) is 0 Å². The summed E-state index contributed by atoms with van der Waals surface area (Å²) in [6, 6.07) is 1.89. The van der Waals surface area contributed by atoms with Gasteiger partial charge in [0.1, 0.15) is 0 Å². The monoisotopic (exact) mass is 259 g/mol. The lowest BCUT2D eigenvalue weighted by molar-refractivity contribution is 0.0933. The van der Waals surface area contributed by atoms with Crippen molar-refractivity contribution in [2.45, 2.75) is 32.7 Å². The van der Waals surface area contributed by atoms with Crippen LogP contribution in [0.4, 0.5) is 0 Å². The lowest BCUT2D eigenvalue weighted by Gasteiger charge is -2.13. The SMILES string of the molecule is CCC(CC)NC(=O)c1ccoc1Br. The highest BCUT2D eigenvalue weighted by molar-refractivity contribution is 9.10. The van der Waals surface area contributed by atoms with Crippen LogP contribution in [0.1, 0.15) is 37.0 Å². The Morgan fingerprint density at radius 3 is 2.64 bits per heavy atom. The summed E-state index contributed by atoms with van der Waals surface area (Å²) in [5.41, 5.74) is 0.553. The van der Waals surface area contributed by atoms with E-state index in [0.29, 0.717) is 10.2 Å². The molecule has 0 aliphatic heterocycles. The predicted octanol–water partition coefficient (Wildman–Crippen LogP) is 2.96. The maximum Gasteiger partial charge on any atom is 0.255 e. The first kappa shape index (κ1) is 11.3. The number of hydrogen-bond acceptors (Lipinski definition) is 2. The summed E-state index contributed by atoms with van der Waals surface area (Å²) in [5.74, 6) is -0.0840. The van der Waals surface area contributed by atoms with Crippen molar-refractivity contribution in [3.05, 3.63) is 22.6 Å². The topological polar surface area (TPSA) is 42.2 Å². The minimum Gasteiger partial charge on any atom is -0.457 e. The van der Waals surface area contributed by atoms with Gasteiger partial charge in [0.05, 0.1) is 11.8 Å². The summed E-state index contributed by atoms with van der Waals surface area (Å²) < 4.78 is 5.48. The zero-order valence-corrected chi connectivity index (χ0v) is 9.93. The number of halogens is 1. The van der Waals surface area contributed by atoms with E-state index >= 15 is 0 Å². The van der Waals surface area contributed by atoms with Crippen molar-refractivity contribution in [3.63, 3.8) is 0 Å². The highest BCUT2D eigenvalue weighted by Gasteiger charge is 2.14. The van der Waals surface area contributed by atoms with Gasteiger partial charge in [0.25, 0.3) is 5.91 Å². The largest absolute Gasteiger partial charge is 0.457 e. The Morgan fingerprint density at radius 1 is 1.57 bits per heavy atom. The zero-order valence-electron chi connectivity index (χ0n) is 8.34. The van der Waals surface area contributed by atoms with E-state index in [9.17, 15) is 4.79 Å². The van der Waals surface area contributed by atoms with Gasteiger partial charge in [-0.15, -0.1) is 0 Å². The molecule has 0 aliphatic carbocycles. The third-order valence-corrected chi connectivity index (χ3v) is 2.80. The molecule has 0 atom stereocenters. The molecule has 0 aromatic carbocycles. The molecule has 1 heterocycles. The molecule has 1 amide bonds. The van der Waals surface area contributed by atoms with E-state index < -0.39 is 0 Å². The molecule has 0 unspecified atom stereocenters. The summed E-state index contributed by atoms with van der Waals surface area (Å²) in [6.07, 6.45) is 3.38. The third kappa shape index (κ3) is 2.61. The second kappa shape index (κ2) is 5.20. The first-order valence-electron chi connectivity index (χ1n) is 4.72. The first-order valence-corrected chi connectivity index (χ1v) is 5.52. The Labute approximate surface area is 92.0 Å². The molecule has 0 fully saturated rings. The van der Waals surface area contributed by atoms with E-state index in [1.54, 1.807) is 6.07 Å². The quantitative estimate of drug-likeness (QED) is 0.904. The smallest absolute Gasteiger partial charge is 0.255 e. The van der Waals surface area contributed by atoms with Crippen LogP contribution >= 0.6 is 15.9 Å². The van der Waals surface area contributed by atoms with Crippen LogP contribution in [0.25, 0.3) is 0 Å². The summed E-state index contributed by atoms with van der Waals surface area (Å²) in [7, 11) is 0. The number of hydrogen-bond donors (Lipinski definition) is 1. The molecule has 0 saturated carbocycles. The molecule has 1 aromatic rings. The van der Waals surface area contributed by atoms with Gasteiger partial charge in [0.2, 0.25) is 0 Å². The van der Waals surface area contributed by atoms with Gasteiger partial charge in [-0.3, -0.25) is 4.79 Å². The molecule has 0 saturated heterocycles. The standard InChI is InChI=1S/C10H14BrNO2/c1-3-7(4-2)12-10(13)8-5-6-14-9(8)11/h5-7H,3-4H2,1-2H3,(H,12,13). The average molecular weight is 260 g/mol. The Hall–Kier alpha value is -0.770. The molecule has 0 spiro atoms. The van der Waals surface area contributed by atoms with Crippen LogP contribution in [0.2, 0.25) is 0 Å². The van der Waals surface area contributed by atoms with Gasteiger partial charge in [-0.1, -0.05) is 13.8 Å². The van der Waals surface area contributed by atoms with Crippen molar-refractivity contribution in [2.24, 2.45) is 0 Å². The average Bonchev–Trinajstić information content (AvgIpc) is 2.60. The molecule has 0 aliphatic rings. The molecule has 4 heteroatoms. The number of carbonyl (C=O) groups is 1. The maximum absolute atomic E-state index is 11.7. The van der Waals surface area contributed by atoms with E-state index in [2.05, 4.69) is 35.1 Å². The van der Waals surface area contributed by atoms with Crippen LogP contribution < -0.4 is 5.32 Å². The van der Waals surface area contributed by atoms with Crippen molar-refractivity contribution in [3.8, 4) is 0 Å². The Kier molecular flexibility index (Phi) is 4.20. The van der Waals surface area contributed by atoms with Gasteiger partial charge >= 0.3 is 0 Å². The van der Waals surface area contributed by atoms with Gasteiger partial charge in [0.15, 0.2) is 4.67 Å². The molecular formula is C10H14BrNO2. The van der Waals surface area contributed by atoms with E-state index in [-0.39, 0.29) is 11.9 Å². The van der Waals surface area contributed by atoms with Gasteiger partial charge in [-0.2, -0.15) is 0 Å². The normalized spacial score (nSPS) is 10.6. The number of furan rings is 1. The fraction of sp³-hybridized carbons (Fsp3) is 0.500. The molecule has 1 N–H and O–H groups in total. The minimum atomic E-state index is -0.0840. The molecule has 14 heavy (non-hydrogen) atoms. The Balaban J connectivity index is 2.63. The molecule has 3 nitrogen and oxygen atoms in total. The highest BCUT2D eigenvalue weighted by Crippen LogP contribution is 2.17. The molecule has 1 aromatic heterocycles. The van der Waals surface area contributed by atoms with Crippen LogP contribution in [-0.2, 0) is 0 Å². The van der Waals surface area contributed by atoms with Crippen molar-refractivity contribution in [1.82, 2.24) is 5.32 Å². The van der Waals surface area contributed by atoms with Gasteiger partial charge in [-0.05, 0) is 34.8 Å². The molecule has 78 valence electrons. The van der Waals surface area contributed by atoms with E-state index in [1.165, 1.54) is 6.26 Å². The van der Waals surface area contributed by atoms with Crippen LogP contribution in [0.5, 0.6) is 0 Å². The number of nitrogens with one attached hydrogen (secondary N) is 1. The third-order valence-electron chi connectivity index (χ3n) is 2.18. The van der Waals surface area contributed by atoms with Crippen LogP contribution in [0, 0.1) is 0 Å². The first-order chi connectivity index (χ1) is 6.69. The number of amides is 1. The predicted molar refractivity (Wildman–Crippen MR) is 58.2 cm³/mol. The highest BCUT2D eigenvalue weighted by atomic mass is 79.9. The number of rotatable bonds is 4. The van der Waals surface area contributed by atoms with Gasteiger partial charge < -0.3 is 9.73 Å². The summed E-state index contributed by atoms with van der Waals surface area (Å²) in [6.45, 7) is 4.11. The fourth-order valence-electron chi connectivity index (χ4n) is 1.21. The fourth-order valence-corrected chi connectivity index (χ4v) is 1.63. The summed E-state index contributed by atoms with van der Waals surface area (Å²) in [4.78, 5) is 11.7. The Bertz CT molecular complexity index is 305. The molecular weight excluding hydrogens is 246 g/mol. The van der Waals surface area contributed by atoms with Crippen molar-refractivity contribution >= 4 is 21.8 Å². The van der Waals surface area contributed by atoms with Crippen LogP contribution in [-0.4, -0.2) is 11.9 Å². The van der Waals surface area contributed by atoms with Gasteiger partial charge in [0, 0.05) is 6.04 Å². The second-order valence-corrected chi connectivity index (χ2v) is 3.82. The summed E-state index contributed by atoms with van der Waals surface area (Å²) in [5, 5.41) is 2.93. The Morgan fingerprint density at radius 2 is 2.21 bits per heavy atom. The lowest BCUT2D eigenvalue weighted by atomic mass is 10.1. The minimum absolute atomic E-state index is 0.0840. The zero-order chi connectivity index (χ0) is 10.6. The van der Waals surface area contributed by atoms with Crippen molar-refractivity contribution in [2.75, 3.05) is 0 Å². The second-order valence-electron chi connectivity index (χ2n) is 3.09. The molecule has 1 rings (SSSR count). The van der Waals surface area contributed by atoms with Gasteiger partial charge in [-0.25, -0.2) is 0 Å². The van der Waals surface area contributed by atoms with Crippen LogP contribution in [0.3, 0.4) is 0 Å². The lowest BCUT2D eigenvalue weighted by Crippen LogP contribution is -2.33. The van der Waals surface area contributed by atoms with Crippen molar-refractivity contribution in [1.29, 1.82) is 0 Å². The maximum atomic E-state index is 11.7. The molecule has 0 radical (unpaired) electrons. The van der Waals surface area contributed by atoms with E-state index in [4.69, 9.17) is 4.42 Å². The van der Waals surface area contributed by atoms with Crippen molar-refractivity contribution < 1.29 is 9.21 Å².